The van der Waals surface area contributed by atoms with Gasteiger partial charge in [0.05, 0.1) is 0 Å². The number of nitrogens with zero attached hydrogens (tertiary/aromatic N) is 3. The molecule has 0 spiro atoms. The fourth-order valence-electron chi connectivity index (χ4n) is 1.65. The molecule has 0 unspecified atom stereocenters. The molecule has 0 amide bonds. The highest BCUT2D eigenvalue weighted by Gasteiger charge is 2.10. The monoisotopic (exact) mass is 254 g/mol. The molecule has 19 heavy (non-hydrogen) atoms. The summed E-state index contributed by atoms with van der Waals surface area (Å²) >= 11 is 0. The quantitative estimate of drug-likeness (QED) is 0.726. The van der Waals surface area contributed by atoms with Crippen molar-refractivity contribution in [1.82, 2.24) is 15.1 Å². The Hall–Kier alpha value is -2.89. The Balaban J connectivity index is 1.97. The smallest absolute Gasteiger partial charge is 0.258 e. The molecule has 3 rings (SSSR count). The lowest BCUT2D eigenvalue weighted by atomic mass is 10.2. The number of nitrogen functional groups attached to an aromatic ring is 1. The Morgan fingerprint density at radius 3 is 2.58 bits per heavy atom. The highest BCUT2D eigenvalue weighted by Crippen LogP contribution is 2.23. The minimum atomic E-state index is 0.189. The van der Waals surface area contributed by atoms with Crippen LogP contribution >= 0.6 is 0 Å². The SMILES string of the molecule is Nc1cc(-c2nc(-c3ccc(O)cc3)no2)ccn1. The number of hydrogen-bond donors (Lipinski definition) is 2. The third kappa shape index (κ3) is 2.23. The number of aromatic hydroxyl groups is 1. The summed E-state index contributed by atoms with van der Waals surface area (Å²) in [7, 11) is 0. The zero-order valence-corrected chi connectivity index (χ0v) is 9.82. The first-order valence-corrected chi connectivity index (χ1v) is 5.57. The topological polar surface area (TPSA) is 98.1 Å². The number of aromatic nitrogens is 3. The second kappa shape index (κ2) is 4.41. The van der Waals surface area contributed by atoms with Crippen molar-refractivity contribution in [2.24, 2.45) is 0 Å². The molecule has 0 aliphatic carbocycles. The molecule has 94 valence electrons. The van der Waals surface area contributed by atoms with Gasteiger partial charge in [-0.1, -0.05) is 5.16 Å². The first-order chi connectivity index (χ1) is 9.22. The lowest BCUT2D eigenvalue weighted by Crippen LogP contribution is -1.89. The van der Waals surface area contributed by atoms with Crippen molar-refractivity contribution in [3.05, 3.63) is 42.6 Å². The molecule has 1 aromatic carbocycles. The van der Waals surface area contributed by atoms with Crippen molar-refractivity contribution in [1.29, 1.82) is 0 Å². The molecule has 0 atom stereocenters. The Morgan fingerprint density at radius 2 is 1.84 bits per heavy atom. The van der Waals surface area contributed by atoms with Crippen LogP contribution in [0.5, 0.6) is 5.75 Å². The number of anilines is 1. The van der Waals surface area contributed by atoms with E-state index in [1.807, 2.05) is 0 Å². The van der Waals surface area contributed by atoms with E-state index in [2.05, 4.69) is 15.1 Å². The van der Waals surface area contributed by atoms with E-state index in [-0.39, 0.29) is 5.75 Å². The lowest BCUT2D eigenvalue weighted by Gasteiger charge is -1.95. The number of benzene rings is 1. The first-order valence-electron chi connectivity index (χ1n) is 5.57. The van der Waals surface area contributed by atoms with Gasteiger partial charge in [0.25, 0.3) is 5.89 Å². The van der Waals surface area contributed by atoms with E-state index in [0.717, 1.165) is 5.56 Å². The highest BCUT2D eigenvalue weighted by atomic mass is 16.5. The average molecular weight is 254 g/mol. The van der Waals surface area contributed by atoms with Crippen LogP contribution in [0.4, 0.5) is 5.82 Å². The summed E-state index contributed by atoms with van der Waals surface area (Å²) in [5.74, 6) is 1.40. The van der Waals surface area contributed by atoms with Gasteiger partial charge in [0.15, 0.2) is 0 Å². The van der Waals surface area contributed by atoms with Crippen LogP contribution in [-0.4, -0.2) is 20.2 Å². The number of nitrogens with two attached hydrogens (primary N) is 1. The number of phenolic OH excluding ortho intramolecular Hbond substituents is 1. The zero-order valence-electron chi connectivity index (χ0n) is 9.82. The van der Waals surface area contributed by atoms with Crippen molar-refractivity contribution >= 4 is 5.82 Å². The van der Waals surface area contributed by atoms with Crippen molar-refractivity contribution < 1.29 is 9.63 Å². The molecule has 2 heterocycles. The van der Waals surface area contributed by atoms with E-state index in [1.165, 1.54) is 0 Å². The molecule has 0 aliphatic rings. The third-order valence-corrected chi connectivity index (χ3v) is 2.58. The van der Waals surface area contributed by atoms with Crippen molar-refractivity contribution in [3.8, 4) is 28.6 Å². The fourth-order valence-corrected chi connectivity index (χ4v) is 1.65. The van der Waals surface area contributed by atoms with Crippen LogP contribution in [0.2, 0.25) is 0 Å². The van der Waals surface area contributed by atoms with E-state index in [1.54, 1.807) is 42.6 Å². The maximum Gasteiger partial charge on any atom is 0.258 e. The van der Waals surface area contributed by atoms with Gasteiger partial charge in [-0.15, -0.1) is 0 Å². The summed E-state index contributed by atoms with van der Waals surface area (Å²) in [5.41, 5.74) is 7.07. The molecule has 3 aromatic rings. The second-order valence-electron chi connectivity index (χ2n) is 3.94. The summed E-state index contributed by atoms with van der Waals surface area (Å²) in [6.45, 7) is 0. The maximum absolute atomic E-state index is 9.23. The largest absolute Gasteiger partial charge is 0.508 e. The molecule has 6 heteroatoms. The van der Waals surface area contributed by atoms with Gasteiger partial charge >= 0.3 is 0 Å². The molecule has 0 saturated carbocycles. The summed E-state index contributed by atoms with van der Waals surface area (Å²) in [6, 6.07) is 9.96. The summed E-state index contributed by atoms with van der Waals surface area (Å²) in [4.78, 5) is 8.18. The van der Waals surface area contributed by atoms with Crippen LogP contribution in [0.3, 0.4) is 0 Å². The van der Waals surface area contributed by atoms with Crippen LogP contribution in [0.25, 0.3) is 22.8 Å². The minimum Gasteiger partial charge on any atom is -0.508 e. The Kier molecular flexibility index (Phi) is 2.60. The molecule has 0 bridgehead atoms. The van der Waals surface area contributed by atoms with Crippen LogP contribution < -0.4 is 5.73 Å². The lowest BCUT2D eigenvalue weighted by molar-refractivity contribution is 0.432. The van der Waals surface area contributed by atoms with Gasteiger partial charge in [-0.05, 0) is 36.4 Å². The van der Waals surface area contributed by atoms with Gasteiger partial charge < -0.3 is 15.4 Å². The molecule has 0 fully saturated rings. The molecule has 0 saturated heterocycles. The number of pyridine rings is 1. The van der Waals surface area contributed by atoms with Gasteiger partial charge in [0.1, 0.15) is 11.6 Å². The number of hydrogen-bond acceptors (Lipinski definition) is 6. The average Bonchev–Trinajstić information content (AvgIpc) is 2.89. The molecular weight excluding hydrogens is 244 g/mol. The van der Waals surface area contributed by atoms with Crippen molar-refractivity contribution in [2.45, 2.75) is 0 Å². The molecular formula is C13H10N4O2. The molecule has 0 radical (unpaired) electrons. The molecule has 6 nitrogen and oxygen atoms in total. The predicted molar refractivity (Wildman–Crippen MR) is 69.0 cm³/mol. The minimum absolute atomic E-state index is 0.189. The molecule has 3 N–H and O–H groups in total. The van der Waals surface area contributed by atoms with Gasteiger partial charge in [-0.25, -0.2) is 4.98 Å². The fraction of sp³-hybridized carbons (Fsp3) is 0. The van der Waals surface area contributed by atoms with E-state index < -0.39 is 0 Å². The summed E-state index contributed by atoms with van der Waals surface area (Å²) in [5, 5.41) is 13.1. The maximum atomic E-state index is 9.23. The van der Waals surface area contributed by atoms with E-state index in [0.29, 0.717) is 23.1 Å². The zero-order chi connectivity index (χ0) is 13.2. The van der Waals surface area contributed by atoms with E-state index >= 15 is 0 Å². The molecule has 0 aliphatic heterocycles. The Morgan fingerprint density at radius 1 is 1.05 bits per heavy atom. The summed E-state index contributed by atoms with van der Waals surface area (Å²) < 4.78 is 5.18. The number of rotatable bonds is 2. The van der Waals surface area contributed by atoms with Gasteiger partial charge in [0, 0.05) is 17.3 Å². The van der Waals surface area contributed by atoms with E-state index in [9.17, 15) is 5.11 Å². The van der Waals surface area contributed by atoms with Crippen LogP contribution in [0.1, 0.15) is 0 Å². The van der Waals surface area contributed by atoms with Gasteiger partial charge in [-0.3, -0.25) is 0 Å². The highest BCUT2D eigenvalue weighted by molar-refractivity contribution is 5.61. The van der Waals surface area contributed by atoms with Crippen molar-refractivity contribution in [2.75, 3.05) is 5.73 Å². The van der Waals surface area contributed by atoms with Gasteiger partial charge in [-0.2, -0.15) is 4.98 Å². The second-order valence-corrected chi connectivity index (χ2v) is 3.94. The third-order valence-electron chi connectivity index (χ3n) is 2.58. The normalized spacial score (nSPS) is 10.5. The van der Waals surface area contributed by atoms with Crippen LogP contribution in [-0.2, 0) is 0 Å². The van der Waals surface area contributed by atoms with Gasteiger partial charge in [0.2, 0.25) is 5.82 Å². The predicted octanol–water partition coefficient (Wildman–Crippen LogP) is 2.09. The van der Waals surface area contributed by atoms with Crippen LogP contribution in [0.15, 0.2) is 47.1 Å². The Labute approximate surface area is 108 Å². The standard InChI is InChI=1S/C13H10N4O2/c14-11-7-9(5-6-15-11)13-16-12(17-19-13)8-1-3-10(18)4-2-8/h1-7,18H,(H2,14,15). The Bertz CT molecular complexity index is 707. The van der Waals surface area contributed by atoms with Crippen molar-refractivity contribution in [3.63, 3.8) is 0 Å². The van der Waals surface area contributed by atoms with E-state index in [4.69, 9.17) is 10.3 Å². The molecule has 2 aromatic heterocycles. The summed E-state index contributed by atoms with van der Waals surface area (Å²) in [6.07, 6.45) is 1.58. The number of phenols is 1. The van der Waals surface area contributed by atoms with Crippen LogP contribution in [0, 0.1) is 0 Å². The first kappa shape index (κ1) is 11.2.